The summed E-state index contributed by atoms with van der Waals surface area (Å²) in [5, 5.41) is 0.753. The van der Waals surface area contributed by atoms with Gasteiger partial charge < -0.3 is 10.5 Å². The third-order valence-corrected chi connectivity index (χ3v) is 2.84. The van der Waals surface area contributed by atoms with Gasteiger partial charge in [-0.15, -0.1) is 0 Å². The molecule has 6 heteroatoms. The van der Waals surface area contributed by atoms with Gasteiger partial charge in [0.2, 0.25) is 0 Å². The summed E-state index contributed by atoms with van der Waals surface area (Å²) in [6.07, 6.45) is 3.20. The first-order valence-corrected chi connectivity index (χ1v) is 5.59. The molecule has 0 amide bonds. The van der Waals surface area contributed by atoms with Crippen LogP contribution in [0.1, 0.15) is 5.56 Å². The van der Waals surface area contributed by atoms with Crippen LogP contribution in [0.2, 0.25) is 10.0 Å². The molecule has 0 radical (unpaired) electrons. The summed E-state index contributed by atoms with van der Waals surface area (Å²) in [6.45, 7) is 0.387. The molecule has 0 unspecified atom stereocenters. The zero-order chi connectivity index (χ0) is 12.3. The van der Waals surface area contributed by atoms with Gasteiger partial charge >= 0.3 is 6.01 Å². The first-order valence-electron chi connectivity index (χ1n) is 4.83. The van der Waals surface area contributed by atoms with Crippen molar-refractivity contribution in [2.45, 2.75) is 6.54 Å². The Morgan fingerprint density at radius 2 is 1.88 bits per heavy atom. The first kappa shape index (κ1) is 12.1. The molecule has 0 saturated heterocycles. The van der Waals surface area contributed by atoms with E-state index in [9.17, 15) is 0 Å². The maximum Gasteiger partial charge on any atom is 0.321 e. The summed E-state index contributed by atoms with van der Waals surface area (Å²) in [4.78, 5) is 8.00. The Morgan fingerprint density at radius 1 is 1.18 bits per heavy atom. The smallest absolute Gasteiger partial charge is 0.321 e. The molecule has 0 bridgehead atoms. The molecular weight excluding hydrogens is 261 g/mol. The molecule has 0 fully saturated rings. The van der Waals surface area contributed by atoms with Crippen LogP contribution < -0.4 is 10.5 Å². The van der Waals surface area contributed by atoms with E-state index in [2.05, 4.69) is 9.97 Å². The lowest BCUT2D eigenvalue weighted by Gasteiger charge is -2.06. The molecule has 0 atom stereocenters. The van der Waals surface area contributed by atoms with Crippen LogP contribution in [0.15, 0.2) is 30.6 Å². The molecule has 2 aromatic rings. The molecule has 1 aromatic carbocycles. The molecule has 2 N–H and O–H groups in total. The molecule has 2 rings (SSSR count). The van der Waals surface area contributed by atoms with Crippen molar-refractivity contribution in [3.63, 3.8) is 0 Å². The van der Waals surface area contributed by atoms with Crippen LogP contribution in [0.25, 0.3) is 0 Å². The Bertz CT molecular complexity index is 517. The van der Waals surface area contributed by atoms with Crippen molar-refractivity contribution in [1.82, 2.24) is 9.97 Å². The predicted molar refractivity (Wildman–Crippen MR) is 66.5 cm³/mol. The third-order valence-electron chi connectivity index (χ3n) is 2.03. The number of rotatable bonds is 3. The maximum absolute atomic E-state index is 5.97. The molecule has 0 aliphatic rings. The number of ether oxygens (including phenoxy) is 1. The Balaban J connectivity index is 2.22. The van der Waals surface area contributed by atoms with Gasteiger partial charge in [0.15, 0.2) is 5.75 Å². The zero-order valence-electron chi connectivity index (χ0n) is 8.73. The molecule has 0 aliphatic carbocycles. The van der Waals surface area contributed by atoms with Crippen molar-refractivity contribution in [3.8, 4) is 11.8 Å². The van der Waals surface area contributed by atoms with Gasteiger partial charge in [-0.1, -0.05) is 29.3 Å². The van der Waals surface area contributed by atoms with Gasteiger partial charge in [0, 0.05) is 24.5 Å². The summed E-state index contributed by atoms with van der Waals surface area (Å²) in [5.41, 5.74) is 6.27. The highest BCUT2D eigenvalue weighted by Gasteiger charge is 2.07. The standard InChI is InChI=1S/C11H9Cl2N3O/c12-8-2-1-3-9(10(8)13)17-11-15-5-7(4-14)6-16-11/h1-3,5-6H,4,14H2. The van der Waals surface area contributed by atoms with Crippen LogP contribution in [0, 0.1) is 0 Å². The van der Waals surface area contributed by atoms with Gasteiger partial charge in [-0.2, -0.15) is 0 Å². The van der Waals surface area contributed by atoms with E-state index in [1.807, 2.05) is 0 Å². The molecule has 0 spiro atoms. The van der Waals surface area contributed by atoms with Crippen molar-refractivity contribution in [1.29, 1.82) is 0 Å². The van der Waals surface area contributed by atoms with Gasteiger partial charge in [-0.05, 0) is 12.1 Å². The number of nitrogens with two attached hydrogens (primary N) is 1. The van der Waals surface area contributed by atoms with E-state index in [-0.39, 0.29) is 6.01 Å². The Kier molecular flexibility index (Phi) is 3.78. The van der Waals surface area contributed by atoms with E-state index in [4.69, 9.17) is 33.7 Å². The van der Waals surface area contributed by atoms with Crippen LogP contribution in [-0.4, -0.2) is 9.97 Å². The molecule has 0 saturated carbocycles. The number of halogens is 2. The van der Waals surface area contributed by atoms with E-state index in [0.29, 0.717) is 22.3 Å². The van der Waals surface area contributed by atoms with Crippen molar-refractivity contribution >= 4 is 23.2 Å². The molecule has 88 valence electrons. The summed E-state index contributed by atoms with van der Waals surface area (Å²) in [5.74, 6) is 0.416. The molecule has 17 heavy (non-hydrogen) atoms. The predicted octanol–water partition coefficient (Wildman–Crippen LogP) is 3.03. The lowest BCUT2D eigenvalue weighted by molar-refractivity contribution is 0.441. The molecular formula is C11H9Cl2N3O. The molecule has 0 aliphatic heterocycles. The van der Waals surface area contributed by atoms with E-state index in [0.717, 1.165) is 5.56 Å². The number of nitrogens with zero attached hydrogens (tertiary/aromatic N) is 2. The van der Waals surface area contributed by atoms with E-state index >= 15 is 0 Å². The minimum absolute atomic E-state index is 0.200. The lowest BCUT2D eigenvalue weighted by Crippen LogP contribution is -1.99. The fourth-order valence-electron chi connectivity index (χ4n) is 1.16. The highest BCUT2D eigenvalue weighted by molar-refractivity contribution is 6.42. The third kappa shape index (κ3) is 2.85. The minimum atomic E-state index is 0.200. The minimum Gasteiger partial charge on any atom is -0.423 e. The molecule has 1 aromatic heterocycles. The summed E-state index contributed by atoms with van der Waals surface area (Å²) >= 11 is 11.8. The second kappa shape index (κ2) is 5.31. The van der Waals surface area contributed by atoms with Crippen molar-refractivity contribution < 1.29 is 4.74 Å². The van der Waals surface area contributed by atoms with Crippen molar-refractivity contribution in [2.24, 2.45) is 5.73 Å². The van der Waals surface area contributed by atoms with E-state index < -0.39 is 0 Å². The SMILES string of the molecule is NCc1cnc(Oc2cccc(Cl)c2Cl)nc1. The van der Waals surface area contributed by atoms with Crippen molar-refractivity contribution in [3.05, 3.63) is 46.2 Å². The van der Waals surface area contributed by atoms with E-state index in [1.165, 1.54) is 0 Å². The number of aromatic nitrogens is 2. The Morgan fingerprint density at radius 3 is 2.53 bits per heavy atom. The second-order valence-corrected chi connectivity index (χ2v) is 4.02. The average molecular weight is 270 g/mol. The largest absolute Gasteiger partial charge is 0.423 e. The monoisotopic (exact) mass is 269 g/mol. The Labute approximate surface area is 108 Å². The van der Waals surface area contributed by atoms with Gasteiger partial charge in [0.05, 0.1) is 5.02 Å². The fourth-order valence-corrected chi connectivity index (χ4v) is 1.49. The number of benzene rings is 1. The highest BCUT2D eigenvalue weighted by Crippen LogP contribution is 2.33. The summed E-state index contributed by atoms with van der Waals surface area (Å²) in [6, 6.07) is 5.30. The van der Waals surface area contributed by atoms with Gasteiger partial charge in [0.1, 0.15) is 5.02 Å². The van der Waals surface area contributed by atoms with Crippen LogP contribution in [0.3, 0.4) is 0 Å². The maximum atomic E-state index is 5.97. The van der Waals surface area contributed by atoms with Gasteiger partial charge in [-0.25, -0.2) is 9.97 Å². The lowest BCUT2D eigenvalue weighted by atomic mass is 10.3. The normalized spacial score (nSPS) is 10.3. The van der Waals surface area contributed by atoms with Gasteiger partial charge in [-0.3, -0.25) is 0 Å². The fraction of sp³-hybridized carbons (Fsp3) is 0.0909. The van der Waals surface area contributed by atoms with Gasteiger partial charge in [0.25, 0.3) is 0 Å². The summed E-state index contributed by atoms with van der Waals surface area (Å²) in [7, 11) is 0. The topological polar surface area (TPSA) is 61.0 Å². The zero-order valence-corrected chi connectivity index (χ0v) is 10.2. The van der Waals surface area contributed by atoms with Crippen LogP contribution in [0.5, 0.6) is 11.8 Å². The van der Waals surface area contributed by atoms with Crippen LogP contribution >= 0.6 is 23.2 Å². The molecule has 1 heterocycles. The number of hydrogen-bond donors (Lipinski definition) is 1. The van der Waals surface area contributed by atoms with Crippen LogP contribution in [-0.2, 0) is 6.54 Å². The highest BCUT2D eigenvalue weighted by atomic mass is 35.5. The quantitative estimate of drug-likeness (QED) is 0.931. The molecule has 4 nitrogen and oxygen atoms in total. The first-order chi connectivity index (χ1) is 8.20. The second-order valence-electron chi connectivity index (χ2n) is 3.23. The Hall–Kier alpha value is -1.36. The number of hydrogen-bond acceptors (Lipinski definition) is 4. The average Bonchev–Trinajstić information content (AvgIpc) is 2.36. The van der Waals surface area contributed by atoms with Crippen LogP contribution in [0.4, 0.5) is 0 Å². The van der Waals surface area contributed by atoms with Crippen molar-refractivity contribution in [2.75, 3.05) is 0 Å². The van der Waals surface area contributed by atoms with E-state index in [1.54, 1.807) is 30.6 Å². The summed E-state index contributed by atoms with van der Waals surface area (Å²) < 4.78 is 5.41.